The number of nitrogens with one attached hydrogen (secondary N) is 1. The predicted molar refractivity (Wildman–Crippen MR) is 123 cm³/mol. The number of hydrogen-bond donors (Lipinski definition) is 1. The topological polar surface area (TPSA) is 108 Å². The summed E-state index contributed by atoms with van der Waals surface area (Å²) in [5, 5.41) is 8.69. The maximum absolute atomic E-state index is 13.1. The lowest BCUT2D eigenvalue weighted by Gasteiger charge is -2.25. The summed E-state index contributed by atoms with van der Waals surface area (Å²) >= 11 is 0. The molecule has 170 valence electrons. The van der Waals surface area contributed by atoms with Crippen molar-refractivity contribution in [2.45, 2.75) is 38.6 Å². The minimum atomic E-state index is -0.739. The third kappa shape index (κ3) is 4.77. The number of nitrogens with zero attached hydrogens (tertiary/aromatic N) is 3. The molecular weight excluding hydrogens is 424 g/mol. The van der Waals surface area contributed by atoms with E-state index < -0.39 is 12.0 Å². The highest BCUT2D eigenvalue weighted by Gasteiger charge is 2.37. The molecule has 4 rings (SSSR count). The number of para-hydroxylation sites is 1. The van der Waals surface area contributed by atoms with Gasteiger partial charge < -0.3 is 10.1 Å². The van der Waals surface area contributed by atoms with Gasteiger partial charge >= 0.3 is 5.97 Å². The highest BCUT2D eigenvalue weighted by Crippen LogP contribution is 2.27. The fourth-order valence-corrected chi connectivity index (χ4v) is 3.83. The van der Waals surface area contributed by atoms with Gasteiger partial charge in [-0.1, -0.05) is 18.2 Å². The maximum atomic E-state index is 13.1. The molecule has 1 saturated heterocycles. The van der Waals surface area contributed by atoms with Gasteiger partial charge in [-0.3, -0.25) is 24.3 Å². The molecule has 2 heterocycles. The van der Waals surface area contributed by atoms with Gasteiger partial charge in [-0.05, 0) is 49.7 Å². The first kappa shape index (κ1) is 22.2. The van der Waals surface area contributed by atoms with E-state index in [9.17, 15) is 19.2 Å². The first-order valence-corrected chi connectivity index (χ1v) is 10.8. The second-order valence-corrected chi connectivity index (χ2v) is 7.68. The highest BCUT2D eigenvalue weighted by atomic mass is 16.5. The number of imide groups is 1. The van der Waals surface area contributed by atoms with E-state index in [0.717, 1.165) is 0 Å². The fraction of sp³-hybridized carbons (Fsp3) is 0.292. The summed E-state index contributed by atoms with van der Waals surface area (Å²) in [5.74, 6) is -1.35. The molecule has 3 amide bonds. The Kier molecular flexibility index (Phi) is 6.48. The van der Waals surface area contributed by atoms with Crippen molar-refractivity contribution in [3.05, 3.63) is 54.6 Å². The van der Waals surface area contributed by atoms with Crippen molar-refractivity contribution in [3.63, 3.8) is 0 Å². The molecular formula is C24H24N4O5. The molecule has 33 heavy (non-hydrogen) atoms. The molecule has 2 aliphatic rings. The van der Waals surface area contributed by atoms with Crippen molar-refractivity contribution < 1.29 is 23.9 Å². The van der Waals surface area contributed by atoms with Gasteiger partial charge in [0.15, 0.2) is 0 Å². The maximum Gasteiger partial charge on any atom is 0.354 e. The number of carbonyl (C=O) groups excluding carboxylic acids is 4. The Morgan fingerprint density at radius 3 is 2.30 bits per heavy atom. The van der Waals surface area contributed by atoms with Gasteiger partial charge in [0.25, 0.3) is 0 Å². The highest BCUT2D eigenvalue weighted by molar-refractivity contribution is 6.38. The lowest BCUT2D eigenvalue weighted by Crippen LogP contribution is -2.40. The summed E-state index contributed by atoms with van der Waals surface area (Å²) in [7, 11) is 0. The summed E-state index contributed by atoms with van der Waals surface area (Å²) < 4.78 is 5.06. The summed E-state index contributed by atoms with van der Waals surface area (Å²) in [6.07, 6.45) is 1.35. The Bertz CT molecular complexity index is 1080. The second kappa shape index (κ2) is 9.64. The molecule has 1 unspecified atom stereocenters. The Labute approximate surface area is 191 Å². The Balaban J connectivity index is 1.50. The summed E-state index contributed by atoms with van der Waals surface area (Å²) in [5.41, 5.74) is 1.83. The van der Waals surface area contributed by atoms with Crippen LogP contribution in [0.5, 0.6) is 0 Å². The number of piperidine rings is 1. The smallest absolute Gasteiger partial charge is 0.354 e. The van der Waals surface area contributed by atoms with Crippen LogP contribution in [0.1, 0.15) is 32.6 Å². The molecule has 2 aliphatic heterocycles. The Morgan fingerprint density at radius 1 is 1.00 bits per heavy atom. The molecule has 1 atom stereocenters. The van der Waals surface area contributed by atoms with Crippen molar-refractivity contribution in [2.24, 2.45) is 5.10 Å². The molecule has 2 aromatic carbocycles. The number of benzene rings is 2. The molecule has 0 radical (unpaired) electrons. The largest absolute Gasteiger partial charge is 0.461 e. The van der Waals surface area contributed by atoms with Gasteiger partial charge in [-0.15, -0.1) is 0 Å². The van der Waals surface area contributed by atoms with Crippen LogP contribution in [0.4, 0.5) is 17.1 Å². The zero-order chi connectivity index (χ0) is 23.4. The van der Waals surface area contributed by atoms with Gasteiger partial charge in [-0.2, -0.15) is 5.10 Å². The van der Waals surface area contributed by atoms with E-state index in [1.54, 1.807) is 43.3 Å². The van der Waals surface area contributed by atoms with E-state index in [1.807, 2.05) is 18.2 Å². The summed E-state index contributed by atoms with van der Waals surface area (Å²) in [6.45, 7) is 1.93. The Morgan fingerprint density at radius 2 is 1.67 bits per heavy atom. The van der Waals surface area contributed by atoms with Crippen molar-refractivity contribution in [1.29, 1.82) is 0 Å². The van der Waals surface area contributed by atoms with E-state index in [4.69, 9.17) is 4.74 Å². The van der Waals surface area contributed by atoms with Crippen LogP contribution < -0.4 is 15.2 Å². The van der Waals surface area contributed by atoms with Crippen molar-refractivity contribution >= 4 is 46.5 Å². The van der Waals surface area contributed by atoms with Crippen molar-refractivity contribution in [2.75, 3.05) is 21.8 Å². The van der Waals surface area contributed by atoms with Crippen LogP contribution in [0.2, 0.25) is 0 Å². The zero-order valence-electron chi connectivity index (χ0n) is 18.2. The molecule has 0 aliphatic carbocycles. The van der Waals surface area contributed by atoms with Crippen LogP contribution in [0.25, 0.3) is 0 Å². The normalized spacial score (nSPS) is 18.2. The van der Waals surface area contributed by atoms with E-state index >= 15 is 0 Å². The van der Waals surface area contributed by atoms with E-state index in [0.29, 0.717) is 36.3 Å². The molecule has 9 heteroatoms. The number of esters is 1. The molecule has 1 N–H and O–H groups in total. The predicted octanol–water partition coefficient (Wildman–Crippen LogP) is 2.87. The fourth-order valence-electron chi connectivity index (χ4n) is 3.83. The number of hydrogen-bond acceptors (Lipinski definition) is 7. The molecule has 0 bridgehead atoms. The first-order valence-electron chi connectivity index (χ1n) is 10.8. The molecule has 9 nitrogen and oxygen atoms in total. The first-order chi connectivity index (χ1) is 16.0. The van der Waals surface area contributed by atoms with Gasteiger partial charge in [0.2, 0.25) is 17.7 Å². The number of anilines is 3. The van der Waals surface area contributed by atoms with Gasteiger partial charge in [0, 0.05) is 24.9 Å². The van der Waals surface area contributed by atoms with E-state index in [-0.39, 0.29) is 36.5 Å². The quantitative estimate of drug-likeness (QED) is 0.538. The zero-order valence-corrected chi connectivity index (χ0v) is 18.2. The van der Waals surface area contributed by atoms with Crippen LogP contribution >= 0.6 is 0 Å². The average Bonchev–Trinajstić information content (AvgIpc) is 3.27. The minimum absolute atomic E-state index is 0.106. The lowest BCUT2D eigenvalue weighted by atomic mass is 10.1. The molecule has 1 fully saturated rings. The molecule has 0 saturated carbocycles. The van der Waals surface area contributed by atoms with Crippen LogP contribution in [-0.2, 0) is 23.9 Å². The van der Waals surface area contributed by atoms with Crippen LogP contribution in [0.15, 0.2) is 59.7 Å². The lowest BCUT2D eigenvalue weighted by molar-refractivity contribution is -0.135. The Hall–Kier alpha value is -4.01. The van der Waals surface area contributed by atoms with Crippen molar-refractivity contribution in [1.82, 2.24) is 0 Å². The van der Waals surface area contributed by atoms with E-state index in [2.05, 4.69) is 10.4 Å². The number of amides is 3. The molecule has 0 aromatic heterocycles. The molecule has 0 spiro atoms. The van der Waals surface area contributed by atoms with Crippen LogP contribution in [0, 0.1) is 0 Å². The average molecular weight is 448 g/mol. The summed E-state index contributed by atoms with van der Waals surface area (Å²) in [4.78, 5) is 50.8. The third-order valence-electron chi connectivity index (χ3n) is 5.42. The third-order valence-corrected chi connectivity index (χ3v) is 5.42. The number of rotatable bonds is 6. The van der Waals surface area contributed by atoms with E-state index in [1.165, 1.54) is 9.91 Å². The number of carbonyl (C=O) groups is 4. The number of ether oxygens (including phenoxy) is 1. The van der Waals surface area contributed by atoms with Gasteiger partial charge in [-0.25, -0.2) is 4.79 Å². The minimum Gasteiger partial charge on any atom is -0.461 e. The van der Waals surface area contributed by atoms with Crippen molar-refractivity contribution in [3.8, 4) is 0 Å². The standard InChI is InChI=1S/C24H24N4O5/c1-2-33-24(32)19-15-20(28(26-19)18-7-4-3-5-8-18)23(31)25-16-11-13-17(14-12-16)27-21(29)9-6-10-22(27)30/h3-5,7-8,11-14,20H,2,6,9-10,15H2,1H3,(H,25,31). The van der Waals surface area contributed by atoms with Crippen LogP contribution in [-0.4, -0.2) is 42.1 Å². The summed E-state index contributed by atoms with van der Waals surface area (Å²) in [6, 6.07) is 14.9. The second-order valence-electron chi connectivity index (χ2n) is 7.68. The number of hydrazone groups is 1. The SMILES string of the molecule is CCOC(=O)C1=NN(c2ccccc2)C(C(=O)Nc2ccc(N3C(=O)CCCC3=O)cc2)C1. The van der Waals surface area contributed by atoms with Crippen LogP contribution in [0.3, 0.4) is 0 Å². The van der Waals surface area contributed by atoms with Gasteiger partial charge in [0.05, 0.1) is 18.0 Å². The van der Waals surface area contributed by atoms with Gasteiger partial charge in [0.1, 0.15) is 11.8 Å². The molecule has 2 aromatic rings. The monoisotopic (exact) mass is 448 g/mol.